The molecule has 0 radical (unpaired) electrons. The van der Waals surface area contributed by atoms with Crippen LogP contribution in [0.5, 0.6) is 0 Å². The van der Waals surface area contributed by atoms with Crippen molar-refractivity contribution in [3.63, 3.8) is 0 Å². The molecule has 3 fully saturated rings. The molecular formula is C24H31NO3. The van der Waals surface area contributed by atoms with Gasteiger partial charge in [0.25, 0.3) is 0 Å². The summed E-state index contributed by atoms with van der Waals surface area (Å²) in [6, 6.07) is 9.63. The zero-order chi connectivity index (χ0) is 19.7. The van der Waals surface area contributed by atoms with Gasteiger partial charge in [0.2, 0.25) is 0 Å². The number of fused-ring (bicyclic) bond motifs is 4. The summed E-state index contributed by atoms with van der Waals surface area (Å²) in [7, 11) is 0. The number of rotatable bonds is 3. The predicted molar refractivity (Wildman–Crippen MR) is 109 cm³/mol. The Balaban J connectivity index is 1.33. The van der Waals surface area contributed by atoms with E-state index in [1.165, 1.54) is 12.8 Å². The number of H-pyrrole nitrogens is 1. The first-order chi connectivity index (χ1) is 13.2. The van der Waals surface area contributed by atoms with Crippen LogP contribution < -0.4 is 0 Å². The molecule has 1 aromatic heterocycles. The van der Waals surface area contributed by atoms with Crippen molar-refractivity contribution in [2.45, 2.75) is 58.5 Å². The highest BCUT2D eigenvalue weighted by molar-refractivity contribution is 5.94. The molecule has 2 N–H and O–H groups in total. The third kappa shape index (κ3) is 2.80. The lowest BCUT2D eigenvalue weighted by molar-refractivity contribution is -0.0743. The van der Waals surface area contributed by atoms with Gasteiger partial charge in [-0.25, -0.2) is 4.79 Å². The summed E-state index contributed by atoms with van der Waals surface area (Å²) >= 11 is 0. The number of esters is 1. The van der Waals surface area contributed by atoms with Crippen molar-refractivity contribution in [1.29, 1.82) is 0 Å². The van der Waals surface area contributed by atoms with Gasteiger partial charge in [-0.05, 0) is 72.8 Å². The molecule has 3 aliphatic rings. The summed E-state index contributed by atoms with van der Waals surface area (Å²) in [6.45, 7) is 7.19. The molecule has 0 bridgehead atoms. The van der Waals surface area contributed by atoms with E-state index < -0.39 is 5.60 Å². The van der Waals surface area contributed by atoms with Crippen molar-refractivity contribution in [1.82, 2.24) is 4.98 Å². The zero-order valence-corrected chi connectivity index (χ0v) is 17.1. The van der Waals surface area contributed by atoms with Crippen LogP contribution in [-0.2, 0) is 4.74 Å². The molecule has 0 spiro atoms. The van der Waals surface area contributed by atoms with Crippen LogP contribution >= 0.6 is 0 Å². The normalized spacial score (nSPS) is 38.5. The number of hydrogen-bond donors (Lipinski definition) is 2. The van der Waals surface area contributed by atoms with Crippen LogP contribution in [0.1, 0.15) is 63.4 Å². The minimum Gasteiger partial charge on any atom is -0.458 e. The second-order valence-electron chi connectivity index (χ2n) is 10.7. The maximum Gasteiger partial charge on any atom is 0.354 e. The van der Waals surface area contributed by atoms with Gasteiger partial charge >= 0.3 is 5.97 Å². The largest absolute Gasteiger partial charge is 0.458 e. The number of para-hydroxylation sites is 1. The van der Waals surface area contributed by atoms with Gasteiger partial charge in [0.1, 0.15) is 17.9 Å². The molecule has 3 saturated carbocycles. The smallest absolute Gasteiger partial charge is 0.354 e. The zero-order valence-electron chi connectivity index (χ0n) is 17.1. The lowest BCUT2D eigenvalue weighted by Crippen LogP contribution is -2.43. The molecule has 0 saturated heterocycles. The average molecular weight is 382 g/mol. The van der Waals surface area contributed by atoms with Crippen LogP contribution in [0, 0.1) is 28.6 Å². The van der Waals surface area contributed by atoms with Gasteiger partial charge in [0.15, 0.2) is 0 Å². The first-order valence-corrected chi connectivity index (χ1v) is 10.7. The van der Waals surface area contributed by atoms with E-state index in [0.717, 1.165) is 36.1 Å². The second kappa shape index (κ2) is 5.85. The van der Waals surface area contributed by atoms with E-state index in [2.05, 4.69) is 25.8 Å². The Hall–Kier alpha value is -1.81. The number of ether oxygens (including phenoxy) is 1. The van der Waals surface area contributed by atoms with Crippen molar-refractivity contribution in [2.24, 2.45) is 28.6 Å². The first-order valence-electron chi connectivity index (χ1n) is 10.7. The van der Waals surface area contributed by atoms with Crippen molar-refractivity contribution in [2.75, 3.05) is 6.61 Å². The number of carbonyl (C=O) groups excluding carboxylic acids is 1. The van der Waals surface area contributed by atoms with Crippen LogP contribution in [0.3, 0.4) is 0 Å². The SMILES string of the molecule is CC1(C)CC2C[C@@]2(C)[C@@H]2CC[C@@](O)(COC(=O)c3cc4ccccc4[nH]3)[C@H]2C1. The Morgan fingerprint density at radius 3 is 2.75 bits per heavy atom. The highest BCUT2D eigenvalue weighted by Gasteiger charge is 2.65. The number of nitrogens with one attached hydrogen (secondary N) is 1. The molecule has 1 heterocycles. The fourth-order valence-electron chi connectivity index (χ4n) is 6.50. The quantitative estimate of drug-likeness (QED) is 0.741. The molecule has 4 heteroatoms. The third-order valence-corrected chi connectivity index (χ3v) is 8.14. The fraction of sp³-hybridized carbons (Fsp3) is 0.625. The van der Waals surface area contributed by atoms with Crippen LogP contribution in [-0.4, -0.2) is 28.3 Å². The van der Waals surface area contributed by atoms with Gasteiger partial charge in [0, 0.05) is 10.9 Å². The number of carbonyl (C=O) groups is 1. The standard InChI is InChI=1S/C24H31NO3/c1-22(2)11-16-12-23(16,3)17-8-9-24(27,18(17)13-22)14-28-21(26)20-10-15-6-4-5-7-19(15)25-20/h4-7,10,16-18,25,27H,8-9,11-14H2,1-3H3/t16?,17-,18+,23-,24-/m1/s1. The Labute approximate surface area is 166 Å². The average Bonchev–Trinajstić information content (AvgIpc) is 3.00. The van der Waals surface area contributed by atoms with Crippen LogP contribution in [0.15, 0.2) is 30.3 Å². The summed E-state index contributed by atoms with van der Waals surface area (Å²) in [6.07, 6.45) is 5.35. The van der Waals surface area contributed by atoms with Crippen molar-refractivity contribution in [3.8, 4) is 0 Å². The Morgan fingerprint density at radius 1 is 1.18 bits per heavy atom. The van der Waals surface area contributed by atoms with Crippen LogP contribution in [0.4, 0.5) is 0 Å². The maximum atomic E-state index is 12.6. The highest BCUT2D eigenvalue weighted by Crippen LogP contribution is 2.70. The Morgan fingerprint density at radius 2 is 1.96 bits per heavy atom. The topological polar surface area (TPSA) is 62.3 Å². The fourth-order valence-corrected chi connectivity index (χ4v) is 6.50. The van der Waals surface area contributed by atoms with E-state index in [1.807, 2.05) is 30.3 Å². The van der Waals surface area contributed by atoms with Crippen molar-refractivity contribution >= 4 is 16.9 Å². The maximum absolute atomic E-state index is 12.6. The van der Waals surface area contributed by atoms with Crippen molar-refractivity contribution in [3.05, 3.63) is 36.0 Å². The lowest BCUT2D eigenvalue weighted by atomic mass is 9.72. The van der Waals surface area contributed by atoms with Gasteiger partial charge in [-0.3, -0.25) is 0 Å². The molecular weight excluding hydrogens is 350 g/mol. The van der Waals surface area contributed by atoms with E-state index >= 15 is 0 Å². The van der Waals surface area contributed by atoms with Crippen LogP contribution in [0.25, 0.3) is 10.9 Å². The molecule has 2 aromatic rings. The summed E-state index contributed by atoms with van der Waals surface area (Å²) in [5, 5.41) is 12.5. The molecule has 3 aliphatic carbocycles. The molecule has 28 heavy (non-hydrogen) atoms. The molecule has 150 valence electrons. The van der Waals surface area contributed by atoms with E-state index in [4.69, 9.17) is 4.74 Å². The minimum absolute atomic E-state index is 0.0964. The molecule has 0 amide bonds. The molecule has 1 unspecified atom stereocenters. The number of aromatic amines is 1. The highest BCUT2D eigenvalue weighted by atomic mass is 16.5. The molecule has 1 aromatic carbocycles. The van der Waals surface area contributed by atoms with E-state index in [1.54, 1.807) is 0 Å². The van der Waals surface area contributed by atoms with Gasteiger partial charge < -0.3 is 14.8 Å². The van der Waals surface area contributed by atoms with E-state index in [9.17, 15) is 9.90 Å². The van der Waals surface area contributed by atoms with E-state index in [-0.39, 0.29) is 23.9 Å². The summed E-state index contributed by atoms with van der Waals surface area (Å²) in [4.78, 5) is 15.8. The number of hydrogen-bond acceptors (Lipinski definition) is 3. The third-order valence-electron chi connectivity index (χ3n) is 8.14. The van der Waals surface area contributed by atoms with Gasteiger partial charge in [-0.2, -0.15) is 0 Å². The molecule has 0 aliphatic heterocycles. The Kier molecular flexibility index (Phi) is 3.81. The minimum atomic E-state index is -0.899. The second-order valence-corrected chi connectivity index (χ2v) is 10.7. The monoisotopic (exact) mass is 381 g/mol. The summed E-state index contributed by atoms with van der Waals surface area (Å²) in [5.41, 5.74) is 1.09. The van der Waals surface area contributed by atoms with Gasteiger partial charge in [0.05, 0.1) is 0 Å². The lowest BCUT2D eigenvalue weighted by Gasteiger charge is -2.37. The van der Waals surface area contributed by atoms with E-state index in [0.29, 0.717) is 17.0 Å². The van der Waals surface area contributed by atoms with Gasteiger partial charge in [-0.1, -0.05) is 39.0 Å². The number of aliphatic hydroxyl groups is 1. The van der Waals surface area contributed by atoms with Crippen LogP contribution in [0.2, 0.25) is 0 Å². The molecule has 4 nitrogen and oxygen atoms in total. The predicted octanol–water partition coefficient (Wildman–Crippen LogP) is 4.93. The molecule has 5 rings (SSSR count). The van der Waals surface area contributed by atoms with Crippen molar-refractivity contribution < 1.29 is 14.6 Å². The molecule has 5 atom stereocenters. The Bertz CT molecular complexity index is 898. The number of benzene rings is 1. The summed E-state index contributed by atoms with van der Waals surface area (Å²) < 4.78 is 5.66. The summed E-state index contributed by atoms with van der Waals surface area (Å²) in [5.74, 6) is 1.19. The van der Waals surface area contributed by atoms with Gasteiger partial charge in [-0.15, -0.1) is 0 Å². The first kappa shape index (κ1) is 18.2. The number of aromatic nitrogens is 1.